The first-order valence-electron chi connectivity index (χ1n) is 6.78. The monoisotopic (exact) mass is 279 g/mol. The van der Waals surface area contributed by atoms with Gasteiger partial charge >= 0.3 is 0 Å². The number of fused-ring (bicyclic) bond motifs is 1. The number of hydrogen-bond acceptors (Lipinski definition) is 3. The lowest BCUT2D eigenvalue weighted by atomic mass is 10.1. The maximum Gasteiger partial charge on any atom is 0.201 e. The highest BCUT2D eigenvalue weighted by molar-refractivity contribution is 6.35. The van der Waals surface area contributed by atoms with Crippen molar-refractivity contribution >= 4 is 28.6 Å². The molecule has 0 amide bonds. The van der Waals surface area contributed by atoms with Crippen LogP contribution in [0, 0.1) is 0 Å². The second-order valence-electron chi connectivity index (χ2n) is 5.22. The van der Waals surface area contributed by atoms with Gasteiger partial charge in [-0.1, -0.05) is 36.9 Å². The molecule has 1 aliphatic rings. The Morgan fingerprint density at radius 2 is 2.05 bits per heavy atom. The molecule has 2 unspecified atom stereocenters. The van der Waals surface area contributed by atoms with Crippen LogP contribution in [0.1, 0.15) is 38.1 Å². The molecule has 1 aromatic heterocycles. The molecule has 0 radical (unpaired) electrons. The number of nitrogen functional groups attached to an aromatic ring is 1. The number of para-hydroxylation sites is 1. The number of aromatic nitrogens is 2. The largest absolute Gasteiger partial charge is 0.391 e. The summed E-state index contributed by atoms with van der Waals surface area (Å²) in [6, 6.07) is 5.67. The van der Waals surface area contributed by atoms with Gasteiger partial charge < -0.3 is 15.4 Å². The molecular formula is C14H18ClN3O. The van der Waals surface area contributed by atoms with E-state index < -0.39 is 0 Å². The van der Waals surface area contributed by atoms with Gasteiger partial charge in [0.15, 0.2) is 0 Å². The minimum atomic E-state index is -0.360. The van der Waals surface area contributed by atoms with Gasteiger partial charge in [-0.2, -0.15) is 0 Å². The molecule has 0 saturated heterocycles. The third-order valence-electron chi connectivity index (χ3n) is 3.97. The van der Waals surface area contributed by atoms with Crippen molar-refractivity contribution in [3.8, 4) is 0 Å². The zero-order chi connectivity index (χ0) is 13.4. The molecule has 2 aromatic rings. The SMILES string of the molecule is Nc1nc2c(Cl)cccc2n1C1CCCCCC1O. The number of nitrogens with two attached hydrogens (primary N) is 1. The van der Waals surface area contributed by atoms with E-state index in [0.717, 1.165) is 36.7 Å². The van der Waals surface area contributed by atoms with Gasteiger partial charge in [0.25, 0.3) is 0 Å². The summed E-state index contributed by atoms with van der Waals surface area (Å²) in [6.07, 6.45) is 4.75. The molecule has 1 heterocycles. The molecule has 0 aliphatic heterocycles. The van der Waals surface area contributed by atoms with Crippen molar-refractivity contribution in [3.05, 3.63) is 23.2 Å². The minimum Gasteiger partial charge on any atom is -0.391 e. The molecule has 3 rings (SSSR count). The molecule has 19 heavy (non-hydrogen) atoms. The maximum absolute atomic E-state index is 10.3. The molecule has 5 heteroatoms. The van der Waals surface area contributed by atoms with Crippen LogP contribution in [0.15, 0.2) is 18.2 Å². The first-order chi connectivity index (χ1) is 9.18. The van der Waals surface area contributed by atoms with E-state index in [1.54, 1.807) is 0 Å². The Bertz CT molecular complexity index is 596. The van der Waals surface area contributed by atoms with Gasteiger partial charge in [0.05, 0.1) is 22.7 Å². The molecule has 1 saturated carbocycles. The van der Waals surface area contributed by atoms with Crippen molar-refractivity contribution in [1.29, 1.82) is 0 Å². The average Bonchev–Trinajstić information content (AvgIpc) is 2.57. The number of aliphatic hydroxyl groups is 1. The second-order valence-corrected chi connectivity index (χ2v) is 5.63. The van der Waals surface area contributed by atoms with Crippen LogP contribution in [0.5, 0.6) is 0 Å². The molecule has 0 spiro atoms. The summed E-state index contributed by atoms with van der Waals surface area (Å²) in [5.41, 5.74) is 7.68. The maximum atomic E-state index is 10.3. The third kappa shape index (κ3) is 2.19. The van der Waals surface area contributed by atoms with Crippen molar-refractivity contribution in [3.63, 3.8) is 0 Å². The van der Waals surface area contributed by atoms with Crippen LogP contribution in [0.25, 0.3) is 11.0 Å². The number of rotatable bonds is 1. The van der Waals surface area contributed by atoms with Crippen LogP contribution in [-0.2, 0) is 0 Å². The fourth-order valence-electron chi connectivity index (χ4n) is 3.02. The summed E-state index contributed by atoms with van der Waals surface area (Å²) in [7, 11) is 0. The van der Waals surface area contributed by atoms with E-state index >= 15 is 0 Å². The van der Waals surface area contributed by atoms with Gasteiger partial charge in [-0.15, -0.1) is 0 Å². The Morgan fingerprint density at radius 3 is 2.89 bits per heavy atom. The number of benzene rings is 1. The summed E-state index contributed by atoms with van der Waals surface area (Å²) in [5.74, 6) is 0.439. The standard InChI is InChI=1S/C14H18ClN3O/c15-9-5-4-7-11-13(9)17-14(16)18(11)10-6-2-1-3-8-12(10)19/h4-5,7,10,12,19H,1-3,6,8H2,(H2,16,17). The zero-order valence-electron chi connectivity index (χ0n) is 10.7. The molecule has 3 N–H and O–H groups in total. The number of nitrogens with zero attached hydrogens (tertiary/aromatic N) is 2. The van der Waals surface area contributed by atoms with E-state index in [4.69, 9.17) is 17.3 Å². The highest BCUT2D eigenvalue weighted by Crippen LogP contribution is 2.34. The van der Waals surface area contributed by atoms with E-state index in [-0.39, 0.29) is 12.1 Å². The Balaban J connectivity index is 2.13. The topological polar surface area (TPSA) is 64.1 Å². The summed E-state index contributed by atoms with van der Waals surface area (Å²) in [5, 5.41) is 10.9. The second kappa shape index (κ2) is 5.02. The predicted molar refractivity (Wildman–Crippen MR) is 77.3 cm³/mol. The molecule has 1 aliphatic carbocycles. The molecular weight excluding hydrogens is 262 g/mol. The lowest BCUT2D eigenvalue weighted by Crippen LogP contribution is -2.24. The fourth-order valence-corrected chi connectivity index (χ4v) is 3.23. The summed E-state index contributed by atoms with van der Waals surface area (Å²) in [6.45, 7) is 0. The van der Waals surface area contributed by atoms with Gasteiger partial charge in [0.2, 0.25) is 5.95 Å². The van der Waals surface area contributed by atoms with E-state index in [9.17, 15) is 5.11 Å². The summed E-state index contributed by atoms with van der Waals surface area (Å²) < 4.78 is 1.96. The quantitative estimate of drug-likeness (QED) is 0.788. The number of halogens is 1. The van der Waals surface area contributed by atoms with Crippen molar-refractivity contribution in [2.24, 2.45) is 0 Å². The Hall–Kier alpha value is -1.26. The van der Waals surface area contributed by atoms with Crippen LogP contribution in [0.4, 0.5) is 5.95 Å². The van der Waals surface area contributed by atoms with E-state index in [0.29, 0.717) is 11.0 Å². The van der Waals surface area contributed by atoms with Gasteiger partial charge in [-0.05, 0) is 25.0 Å². The summed E-state index contributed by atoms with van der Waals surface area (Å²) in [4.78, 5) is 4.35. The van der Waals surface area contributed by atoms with Gasteiger partial charge in [0, 0.05) is 0 Å². The van der Waals surface area contributed by atoms with E-state index in [1.165, 1.54) is 6.42 Å². The highest BCUT2D eigenvalue weighted by atomic mass is 35.5. The lowest BCUT2D eigenvalue weighted by molar-refractivity contribution is 0.108. The lowest BCUT2D eigenvalue weighted by Gasteiger charge is -2.23. The molecule has 4 nitrogen and oxygen atoms in total. The van der Waals surface area contributed by atoms with Crippen molar-refractivity contribution in [2.45, 2.75) is 44.2 Å². The van der Waals surface area contributed by atoms with Crippen LogP contribution in [-0.4, -0.2) is 20.8 Å². The minimum absolute atomic E-state index is 0.00552. The summed E-state index contributed by atoms with van der Waals surface area (Å²) >= 11 is 6.16. The molecule has 1 fully saturated rings. The average molecular weight is 280 g/mol. The van der Waals surface area contributed by atoms with Crippen LogP contribution in [0.3, 0.4) is 0 Å². The Kier molecular flexibility index (Phi) is 3.37. The first-order valence-corrected chi connectivity index (χ1v) is 7.16. The number of imidazole rings is 1. The first kappa shape index (κ1) is 12.8. The normalized spacial score (nSPS) is 24.5. The van der Waals surface area contributed by atoms with Gasteiger partial charge in [-0.25, -0.2) is 4.98 Å². The van der Waals surface area contributed by atoms with Crippen molar-refractivity contribution < 1.29 is 5.11 Å². The Labute approximate surface area is 117 Å². The van der Waals surface area contributed by atoms with Crippen molar-refractivity contribution in [1.82, 2.24) is 9.55 Å². The number of aliphatic hydroxyl groups excluding tert-OH is 1. The highest BCUT2D eigenvalue weighted by Gasteiger charge is 2.26. The molecule has 1 aromatic carbocycles. The Morgan fingerprint density at radius 1 is 1.26 bits per heavy atom. The van der Waals surface area contributed by atoms with E-state index in [2.05, 4.69) is 4.98 Å². The number of hydrogen-bond donors (Lipinski definition) is 2. The predicted octanol–water partition coefficient (Wildman–Crippen LogP) is 3.14. The number of anilines is 1. The smallest absolute Gasteiger partial charge is 0.201 e. The van der Waals surface area contributed by atoms with Gasteiger partial charge in [0.1, 0.15) is 5.52 Å². The molecule has 0 bridgehead atoms. The van der Waals surface area contributed by atoms with Crippen LogP contribution >= 0.6 is 11.6 Å². The van der Waals surface area contributed by atoms with E-state index in [1.807, 2.05) is 22.8 Å². The molecule has 102 valence electrons. The molecule has 2 atom stereocenters. The van der Waals surface area contributed by atoms with Gasteiger partial charge in [-0.3, -0.25) is 0 Å². The fraction of sp³-hybridized carbons (Fsp3) is 0.500. The third-order valence-corrected chi connectivity index (χ3v) is 4.28. The zero-order valence-corrected chi connectivity index (χ0v) is 11.5. The van der Waals surface area contributed by atoms with Crippen LogP contribution in [0.2, 0.25) is 5.02 Å². The van der Waals surface area contributed by atoms with Crippen LogP contribution < -0.4 is 5.73 Å². The van der Waals surface area contributed by atoms with Crippen molar-refractivity contribution in [2.75, 3.05) is 5.73 Å².